The maximum atomic E-state index is 9.26. The maximum Gasteiger partial charge on any atom is 0.0601 e. The van der Waals surface area contributed by atoms with E-state index in [0.29, 0.717) is 0 Å². The summed E-state index contributed by atoms with van der Waals surface area (Å²) in [6.07, 6.45) is 1.25. The molecule has 14 heavy (non-hydrogen) atoms. The normalized spacial score (nSPS) is 28.3. The fourth-order valence-corrected chi connectivity index (χ4v) is 2.28. The molecule has 3 atom stereocenters. The van der Waals surface area contributed by atoms with Crippen molar-refractivity contribution in [2.75, 3.05) is 19.7 Å². The van der Waals surface area contributed by atoms with Gasteiger partial charge in [-0.1, -0.05) is 13.8 Å². The fourth-order valence-electron chi connectivity index (χ4n) is 2.28. The van der Waals surface area contributed by atoms with Gasteiger partial charge in [-0.25, -0.2) is 0 Å². The average Bonchev–Trinajstić information content (AvgIpc) is 2.53. The topological polar surface area (TPSA) is 49.5 Å². The van der Waals surface area contributed by atoms with E-state index in [1.165, 1.54) is 6.42 Å². The lowest BCUT2D eigenvalue weighted by Crippen LogP contribution is -2.47. The van der Waals surface area contributed by atoms with E-state index in [0.717, 1.165) is 24.9 Å². The van der Waals surface area contributed by atoms with Crippen molar-refractivity contribution < 1.29 is 5.11 Å². The third kappa shape index (κ3) is 2.69. The molecule has 0 aliphatic carbocycles. The van der Waals surface area contributed by atoms with Gasteiger partial charge in [0.15, 0.2) is 0 Å². The highest BCUT2D eigenvalue weighted by atomic mass is 16.3. The van der Waals surface area contributed by atoms with Crippen LogP contribution in [0.1, 0.15) is 27.2 Å². The number of hydrogen-bond acceptors (Lipinski definition) is 3. The molecular formula is C11H24N2O. The summed E-state index contributed by atoms with van der Waals surface area (Å²) in [5.74, 6) is 1.52. The smallest absolute Gasteiger partial charge is 0.0601 e. The van der Waals surface area contributed by atoms with Gasteiger partial charge in [0.1, 0.15) is 0 Å². The Morgan fingerprint density at radius 1 is 1.43 bits per heavy atom. The average molecular weight is 200 g/mol. The van der Waals surface area contributed by atoms with E-state index in [1.54, 1.807) is 0 Å². The van der Waals surface area contributed by atoms with Crippen LogP contribution in [0.3, 0.4) is 0 Å². The Hall–Kier alpha value is -0.120. The van der Waals surface area contributed by atoms with E-state index >= 15 is 0 Å². The second kappa shape index (κ2) is 5.10. The standard InChI is InChI=1S/C11H24N2O/c1-8(2)10-4-5-13(6-10)11(7-14)9(3)12/h8-11,14H,4-7,12H2,1-3H3. The highest BCUT2D eigenvalue weighted by Gasteiger charge is 2.30. The van der Waals surface area contributed by atoms with Crippen molar-refractivity contribution in [2.24, 2.45) is 17.6 Å². The lowest BCUT2D eigenvalue weighted by Gasteiger charge is -2.29. The lowest BCUT2D eigenvalue weighted by atomic mass is 9.95. The van der Waals surface area contributed by atoms with Gasteiger partial charge in [-0.3, -0.25) is 4.90 Å². The number of likely N-dealkylation sites (tertiary alicyclic amines) is 1. The van der Waals surface area contributed by atoms with Crippen molar-refractivity contribution in [3.05, 3.63) is 0 Å². The van der Waals surface area contributed by atoms with Gasteiger partial charge < -0.3 is 10.8 Å². The van der Waals surface area contributed by atoms with Gasteiger partial charge in [0, 0.05) is 18.6 Å². The van der Waals surface area contributed by atoms with Crippen molar-refractivity contribution in [3.63, 3.8) is 0 Å². The highest BCUT2D eigenvalue weighted by molar-refractivity contribution is 4.86. The van der Waals surface area contributed by atoms with Crippen LogP contribution in [0.15, 0.2) is 0 Å². The van der Waals surface area contributed by atoms with E-state index < -0.39 is 0 Å². The first-order valence-electron chi connectivity index (χ1n) is 5.66. The quantitative estimate of drug-likeness (QED) is 0.701. The first kappa shape index (κ1) is 12.0. The number of aliphatic hydroxyl groups excluding tert-OH is 1. The summed E-state index contributed by atoms with van der Waals surface area (Å²) in [5.41, 5.74) is 5.85. The Morgan fingerprint density at radius 2 is 2.07 bits per heavy atom. The molecular weight excluding hydrogens is 176 g/mol. The largest absolute Gasteiger partial charge is 0.395 e. The van der Waals surface area contributed by atoms with Gasteiger partial charge in [0.05, 0.1) is 6.61 Å². The summed E-state index contributed by atoms with van der Waals surface area (Å²) in [5, 5.41) is 9.26. The van der Waals surface area contributed by atoms with Crippen molar-refractivity contribution in [2.45, 2.75) is 39.3 Å². The zero-order chi connectivity index (χ0) is 10.7. The van der Waals surface area contributed by atoms with E-state index in [1.807, 2.05) is 6.92 Å². The molecule has 3 nitrogen and oxygen atoms in total. The van der Waals surface area contributed by atoms with Crippen LogP contribution in [0, 0.1) is 11.8 Å². The summed E-state index contributed by atoms with van der Waals surface area (Å²) < 4.78 is 0. The molecule has 0 aromatic carbocycles. The molecule has 0 spiro atoms. The Kier molecular flexibility index (Phi) is 4.35. The Balaban J connectivity index is 2.47. The summed E-state index contributed by atoms with van der Waals surface area (Å²) in [6.45, 7) is 8.90. The van der Waals surface area contributed by atoms with E-state index in [9.17, 15) is 5.11 Å². The number of nitrogens with zero attached hydrogens (tertiary/aromatic N) is 1. The summed E-state index contributed by atoms with van der Waals surface area (Å²) in [6, 6.07) is 0.213. The third-order valence-corrected chi connectivity index (χ3v) is 3.46. The van der Waals surface area contributed by atoms with Crippen LogP contribution in [-0.4, -0.2) is 41.8 Å². The Bertz CT molecular complexity index is 171. The molecule has 0 aromatic rings. The van der Waals surface area contributed by atoms with Crippen LogP contribution >= 0.6 is 0 Å². The van der Waals surface area contributed by atoms with Crippen molar-refractivity contribution in [3.8, 4) is 0 Å². The second-order valence-electron chi connectivity index (χ2n) is 4.90. The molecule has 1 aliphatic heterocycles. The number of rotatable bonds is 4. The molecule has 0 aromatic heterocycles. The van der Waals surface area contributed by atoms with Crippen LogP contribution in [0.25, 0.3) is 0 Å². The summed E-state index contributed by atoms with van der Waals surface area (Å²) >= 11 is 0. The van der Waals surface area contributed by atoms with Gasteiger partial charge in [-0.2, -0.15) is 0 Å². The molecule has 1 heterocycles. The highest BCUT2D eigenvalue weighted by Crippen LogP contribution is 2.25. The first-order valence-corrected chi connectivity index (χ1v) is 5.66. The minimum absolute atomic E-state index is 0.0610. The number of nitrogens with two attached hydrogens (primary N) is 1. The Morgan fingerprint density at radius 3 is 2.43 bits per heavy atom. The van der Waals surface area contributed by atoms with Gasteiger partial charge in [0.25, 0.3) is 0 Å². The third-order valence-electron chi connectivity index (χ3n) is 3.46. The van der Waals surface area contributed by atoms with Gasteiger partial charge in [-0.05, 0) is 31.7 Å². The van der Waals surface area contributed by atoms with E-state index in [4.69, 9.17) is 5.73 Å². The van der Waals surface area contributed by atoms with Crippen LogP contribution in [0.5, 0.6) is 0 Å². The molecule has 3 unspecified atom stereocenters. The minimum atomic E-state index is 0.0610. The molecule has 1 fully saturated rings. The molecule has 0 amide bonds. The number of aliphatic hydroxyl groups is 1. The predicted octanol–water partition coefficient (Wildman–Crippen LogP) is 0.672. The Labute approximate surface area is 87.3 Å². The fraction of sp³-hybridized carbons (Fsp3) is 1.00. The van der Waals surface area contributed by atoms with E-state index in [-0.39, 0.29) is 18.7 Å². The lowest BCUT2D eigenvalue weighted by molar-refractivity contribution is 0.124. The summed E-state index contributed by atoms with van der Waals surface area (Å²) in [4.78, 5) is 2.34. The molecule has 0 bridgehead atoms. The van der Waals surface area contributed by atoms with Gasteiger partial charge in [0.2, 0.25) is 0 Å². The minimum Gasteiger partial charge on any atom is -0.395 e. The molecule has 84 valence electrons. The molecule has 3 N–H and O–H groups in total. The van der Waals surface area contributed by atoms with Gasteiger partial charge in [-0.15, -0.1) is 0 Å². The molecule has 0 radical (unpaired) electrons. The SMILES string of the molecule is CC(C)C1CCN(C(CO)C(C)N)C1. The van der Waals surface area contributed by atoms with Crippen molar-refractivity contribution in [1.82, 2.24) is 4.90 Å². The maximum absolute atomic E-state index is 9.26. The molecule has 0 saturated carbocycles. The molecule has 1 aliphatic rings. The van der Waals surface area contributed by atoms with Crippen molar-refractivity contribution >= 4 is 0 Å². The van der Waals surface area contributed by atoms with E-state index in [2.05, 4.69) is 18.7 Å². The molecule has 1 rings (SSSR count). The van der Waals surface area contributed by atoms with Crippen LogP contribution in [-0.2, 0) is 0 Å². The van der Waals surface area contributed by atoms with Crippen molar-refractivity contribution in [1.29, 1.82) is 0 Å². The summed E-state index contributed by atoms with van der Waals surface area (Å²) in [7, 11) is 0. The monoisotopic (exact) mass is 200 g/mol. The number of hydrogen-bond donors (Lipinski definition) is 2. The van der Waals surface area contributed by atoms with Gasteiger partial charge >= 0.3 is 0 Å². The molecule has 3 heteroatoms. The first-order chi connectivity index (χ1) is 6.56. The van der Waals surface area contributed by atoms with Crippen LogP contribution in [0.4, 0.5) is 0 Å². The molecule has 1 saturated heterocycles. The zero-order valence-electron chi connectivity index (χ0n) is 9.61. The zero-order valence-corrected chi connectivity index (χ0v) is 9.61. The second-order valence-corrected chi connectivity index (χ2v) is 4.90. The van der Waals surface area contributed by atoms with Crippen LogP contribution < -0.4 is 5.73 Å². The predicted molar refractivity (Wildman–Crippen MR) is 59.0 cm³/mol. The van der Waals surface area contributed by atoms with Crippen LogP contribution in [0.2, 0.25) is 0 Å².